The highest BCUT2D eigenvalue weighted by Gasteiger charge is 2.30. The molecule has 0 bridgehead atoms. The molecule has 2 aromatic heterocycles. The zero-order valence-electron chi connectivity index (χ0n) is 10.7. The topological polar surface area (TPSA) is 72.9 Å². The molecule has 1 fully saturated rings. The van der Waals surface area contributed by atoms with Crippen LogP contribution in [0, 0.1) is 0 Å². The number of hydrogen-bond acceptors (Lipinski definition) is 5. The van der Waals surface area contributed by atoms with Gasteiger partial charge in [-0.15, -0.1) is 11.3 Å². The van der Waals surface area contributed by atoms with Crippen molar-refractivity contribution in [1.29, 1.82) is 0 Å². The van der Waals surface area contributed by atoms with E-state index in [0.717, 1.165) is 11.4 Å². The molecule has 102 valence electrons. The van der Waals surface area contributed by atoms with Crippen molar-refractivity contribution in [3.63, 3.8) is 0 Å². The Bertz CT molecular complexity index is 565. The molecule has 19 heavy (non-hydrogen) atoms. The normalized spacial score (nSPS) is 24.0. The largest absolute Gasteiger partial charge is 0.378 e. The predicted octanol–water partition coefficient (Wildman–Crippen LogP) is 0.584. The van der Waals surface area contributed by atoms with Crippen molar-refractivity contribution in [3.8, 4) is 0 Å². The lowest BCUT2D eigenvalue weighted by Crippen LogP contribution is -2.53. The molecule has 6 nitrogen and oxygen atoms in total. The SMILES string of the molecule is CO[C@H]1CN(C(=O)c2cn3ccsc3n2)CC[C@H]1N. The van der Waals surface area contributed by atoms with Crippen LogP contribution >= 0.6 is 11.3 Å². The monoisotopic (exact) mass is 280 g/mol. The first kappa shape index (κ1) is 12.6. The molecule has 2 N–H and O–H groups in total. The van der Waals surface area contributed by atoms with Crippen LogP contribution in [0.15, 0.2) is 17.8 Å². The first-order valence-corrected chi connectivity index (χ1v) is 7.07. The lowest BCUT2D eigenvalue weighted by atomic mass is 10.0. The maximum absolute atomic E-state index is 12.4. The Balaban J connectivity index is 1.78. The van der Waals surface area contributed by atoms with Gasteiger partial charge in [0.15, 0.2) is 4.96 Å². The van der Waals surface area contributed by atoms with Crippen LogP contribution in [0.25, 0.3) is 4.96 Å². The Morgan fingerprint density at radius 3 is 3.21 bits per heavy atom. The van der Waals surface area contributed by atoms with Gasteiger partial charge in [-0.05, 0) is 6.42 Å². The number of amides is 1. The molecular formula is C12H16N4O2S. The van der Waals surface area contributed by atoms with Gasteiger partial charge in [-0.1, -0.05) is 0 Å². The number of hydrogen-bond donors (Lipinski definition) is 1. The van der Waals surface area contributed by atoms with E-state index < -0.39 is 0 Å². The Hall–Kier alpha value is -1.44. The minimum Gasteiger partial charge on any atom is -0.378 e. The number of rotatable bonds is 2. The van der Waals surface area contributed by atoms with E-state index >= 15 is 0 Å². The van der Waals surface area contributed by atoms with Crippen molar-refractivity contribution in [2.24, 2.45) is 5.73 Å². The Kier molecular flexibility index (Phi) is 3.26. The minimum absolute atomic E-state index is 0.000425. The van der Waals surface area contributed by atoms with E-state index in [4.69, 9.17) is 10.5 Å². The van der Waals surface area contributed by atoms with E-state index in [1.807, 2.05) is 16.0 Å². The number of imidazole rings is 1. The van der Waals surface area contributed by atoms with Crippen LogP contribution in [0.5, 0.6) is 0 Å². The van der Waals surface area contributed by atoms with Crippen molar-refractivity contribution >= 4 is 22.2 Å². The number of thiazole rings is 1. The van der Waals surface area contributed by atoms with E-state index in [2.05, 4.69) is 4.98 Å². The summed E-state index contributed by atoms with van der Waals surface area (Å²) in [6.45, 7) is 1.19. The molecule has 3 heterocycles. The standard InChI is InChI=1S/C12H16N4O2S/c1-18-10-7-15(3-2-8(10)13)11(17)9-6-16-4-5-19-12(16)14-9/h4-6,8,10H,2-3,7,13H2,1H3/t8-,10+/m1/s1. The summed E-state index contributed by atoms with van der Waals surface area (Å²) in [4.78, 5) is 19.3. The molecule has 0 aliphatic carbocycles. The number of nitrogens with zero attached hydrogens (tertiary/aromatic N) is 3. The maximum Gasteiger partial charge on any atom is 0.274 e. The summed E-state index contributed by atoms with van der Waals surface area (Å²) in [6.07, 6.45) is 4.33. The Labute approximate surface area is 114 Å². The van der Waals surface area contributed by atoms with Crippen LogP contribution in [-0.2, 0) is 4.74 Å². The molecule has 1 amide bonds. The summed E-state index contributed by atoms with van der Waals surface area (Å²) in [5, 5.41) is 1.94. The fourth-order valence-electron chi connectivity index (χ4n) is 2.36. The van der Waals surface area contributed by atoms with Crippen molar-refractivity contribution in [2.75, 3.05) is 20.2 Å². The van der Waals surface area contributed by atoms with Gasteiger partial charge < -0.3 is 15.4 Å². The fourth-order valence-corrected chi connectivity index (χ4v) is 3.06. The minimum atomic E-state index is -0.0959. The number of nitrogens with two attached hydrogens (primary N) is 1. The van der Waals surface area contributed by atoms with Crippen molar-refractivity contribution in [3.05, 3.63) is 23.5 Å². The van der Waals surface area contributed by atoms with Gasteiger partial charge in [-0.2, -0.15) is 0 Å². The summed E-state index contributed by atoms with van der Waals surface area (Å²) in [5.74, 6) is -0.0511. The van der Waals surface area contributed by atoms with E-state index in [1.165, 1.54) is 11.3 Å². The molecular weight excluding hydrogens is 264 g/mol. The second-order valence-electron chi connectivity index (χ2n) is 4.70. The molecule has 1 aliphatic rings. The third-order valence-electron chi connectivity index (χ3n) is 3.51. The number of methoxy groups -OCH3 is 1. The van der Waals surface area contributed by atoms with E-state index in [0.29, 0.717) is 18.8 Å². The molecule has 0 radical (unpaired) electrons. The first-order chi connectivity index (χ1) is 9.19. The van der Waals surface area contributed by atoms with Gasteiger partial charge in [0.05, 0.1) is 6.10 Å². The molecule has 7 heteroatoms. The van der Waals surface area contributed by atoms with Gasteiger partial charge in [0.1, 0.15) is 5.69 Å². The summed E-state index contributed by atoms with van der Waals surface area (Å²) in [7, 11) is 1.63. The quantitative estimate of drug-likeness (QED) is 0.873. The molecule has 0 aromatic carbocycles. The smallest absolute Gasteiger partial charge is 0.274 e. The summed E-state index contributed by atoms with van der Waals surface area (Å²) >= 11 is 1.51. The van der Waals surface area contributed by atoms with Crippen LogP contribution in [0.4, 0.5) is 0 Å². The van der Waals surface area contributed by atoms with Gasteiger partial charge in [0.2, 0.25) is 0 Å². The van der Waals surface area contributed by atoms with E-state index in [9.17, 15) is 4.79 Å². The van der Waals surface area contributed by atoms with E-state index in [-0.39, 0.29) is 18.1 Å². The molecule has 1 aliphatic heterocycles. The molecule has 0 unspecified atom stereocenters. The van der Waals surface area contributed by atoms with Gasteiger partial charge in [-0.3, -0.25) is 9.20 Å². The van der Waals surface area contributed by atoms with Gasteiger partial charge >= 0.3 is 0 Å². The maximum atomic E-state index is 12.4. The van der Waals surface area contributed by atoms with Gasteiger partial charge in [-0.25, -0.2) is 4.98 Å². The Morgan fingerprint density at radius 2 is 2.47 bits per heavy atom. The molecule has 0 spiro atoms. The summed E-state index contributed by atoms with van der Waals surface area (Å²) in [5.41, 5.74) is 6.44. The average Bonchev–Trinajstić information content (AvgIpc) is 2.99. The average molecular weight is 280 g/mol. The molecule has 2 atom stereocenters. The zero-order chi connectivity index (χ0) is 13.4. The first-order valence-electron chi connectivity index (χ1n) is 6.19. The fraction of sp³-hybridized carbons (Fsp3) is 0.500. The van der Waals surface area contributed by atoms with Crippen molar-refractivity contribution in [2.45, 2.75) is 18.6 Å². The van der Waals surface area contributed by atoms with Crippen LogP contribution in [0.2, 0.25) is 0 Å². The van der Waals surface area contributed by atoms with Gasteiger partial charge in [0, 0.05) is 44.0 Å². The number of fused-ring (bicyclic) bond motifs is 1. The van der Waals surface area contributed by atoms with Crippen LogP contribution in [0.1, 0.15) is 16.9 Å². The van der Waals surface area contributed by atoms with Gasteiger partial charge in [0.25, 0.3) is 5.91 Å². The lowest BCUT2D eigenvalue weighted by molar-refractivity contribution is 0.0159. The molecule has 3 rings (SSSR count). The summed E-state index contributed by atoms with van der Waals surface area (Å²) < 4.78 is 7.18. The Morgan fingerprint density at radius 1 is 1.63 bits per heavy atom. The second-order valence-corrected chi connectivity index (χ2v) is 5.57. The summed E-state index contributed by atoms with van der Waals surface area (Å²) in [6, 6.07) is -0.000425. The van der Waals surface area contributed by atoms with Crippen LogP contribution < -0.4 is 5.73 Å². The number of aromatic nitrogens is 2. The van der Waals surface area contributed by atoms with Crippen molar-refractivity contribution in [1.82, 2.24) is 14.3 Å². The lowest BCUT2D eigenvalue weighted by Gasteiger charge is -2.35. The number of likely N-dealkylation sites (tertiary alicyclic amines) is 1. The predicted molar refractivity (Wildman–Crippen MR) is 72.4 cm³/mol. The molecule has 0 saturated carbocycles. The zero-order valence-corrected chi connectivity index (χ0v) is 11.5. The highest BCUT2D eigenvalue weighted by atomic mass is 32.1. The number of ether oxygens (including phenoxy) is 1. The van der Waals surface area contributed by atoms with Crippen LogP contribution in [-0.4, -0.2) is 52.5 Å². The number of carbonyl (C=O) groups excluding carboxylic acids is 1. The molecule has 1 saturated heterocycles. The highest BCUT2D eigenvalue weighted by Crippen LogP contribution is 2.17. The third-order valence-corrected chi connectivity index (χ3v) is 4.28. The number of carbonyl (C=O) groups is 1. The molecule has 2 aromatic rings. The van der Waals surface area contributed by atoms with E-state index in [1.54, 1.807) is 18.2 Å². The second kappa shape index (κ2) is 4.92. The number of piperidine rings is 1. The van der Waals surface area contributed by atoms with Crippen LogP contribution in [0.3, 0.4) is 0 Å². The third kappa shape index (κ3) is 2.24. The highest BCUT2D eigenvalue weighted by molar-refractivity contribution is 7.15. The van der Waals surface area contributed by atoms with Crippen molar-refractivity contribution < 1.29 is 9.53 Å².